The molecule has 0 radical (unpaired) electrons. The second-order valence-corrected chi connectivity index (χ2v) is 6.94. The molecule has 0 N–H and O–H groups in total. The Morgan fingerprint density at radius 3 is 2.85 bits per heavy atom. The molecule has 2 aromatic rings. The molecular weight excluding hydrogens is 366 g/mol. The lowest BCUT2D eigenvalue weighted by atomic mass is 9.99. The molecule has 0 aliphatic carbocycles. The maximum Gasteiger partial charge on any atom is 0.310 e. The van der Waals surface area contributed by atoms with Crippen LogP contribution in [0.2, 0.25) is 0 Å². The van der Waals surface area contributed by atoms with Crippen molar-refractivity contribution < 1.29 is 18.7 Å². The number of carbonyl (C=O) groups is 1. The van der Waals surface area contributed by atoms with Crippen LogP contribution in [-0.4, -0.2) is 47.5 Å². The minimum atomic E-state index is -0.119. The maximum atomic E-state index is 12.0. The first kappa shape index (κ1) is 19.6. The molecule has 0 saturated carbocycles. The summed E-state index contributed by atoms with van der Waals surface area (Å²) >= 11 is 5.32. The molecule has 1 aromatic heterocycles. The van der Waals surface area contributed by atoms with Crippen molar-refractivity contribution in [3.63, 3.8) is 0 Å². The van der Waals surface area contributed by atoms with Gasteiger partial charge in [-0.2, -0.15) is 0 Å². The molecule has 2 heterocycles. The maximum absolute atomic E-state index is 12.0. The van der Waals surface area contributed by atoms with Crippen LogP contribution in [0.3, 0.4) is 0 Å². The average molecular weight is 391 g/mol. The molecule has 0 bridgehead atoms. The van der Waals surface area contributed by atoms with E-state index in [0.29, 0.717) is 37.0 Å². The van der Waals surface area contributed by atoms with Gasteiger partial charge in [-0.3, -0.25) is 9.69 Å². The van der Waals surface area contributed by atoms with Gasteiger partial charge >= 0.3 is 5.97 Å². The van der Waals surface area contributed by atoms with E-state index in [-0.39, 0.29) is 11.9 Å². The standard InChI is InChI=1S/C19H25N3O4S/c1-3-25-18(23)15-5-4-10-21(12-15)13-22-19(27)26-17(20-22)11-14-6-8-16(24-2)9-7-14/h6-9,15H,3-5,10-13H2,1-2H3/t15-/m1/s1. The normalized spacial score (nSPS) is 17.6. The van der Waals surface area contributed by atoms with Crippen LogP contribution in [0, 0.1) is 10.8 Å². The van der Waals surface area contributed by atoms with Gasteiger partial charge in [-0.15, -0.1) is 5.10 Å². The average Bonchev–Trinajstić information content (AvgIpc) is 3.01. The van der Waals surface area contributed by atoms with Crippen LogP contribution in [0.4, 0.5) is 0 Å². The van der Waals surface area contributed by atoms with E-state index >= 15 is 0 Å². The largest absolute Gasteiger partial charge is 0.497 e. The molecule has 1 aliphatic heterocycles. The number of piperidine rings is 1. The summed E-state index contributed by atoms with van der Waals surface area (Å²) in [6.45, 7) is 4.32. The Kier molecular flexibility index (Phi) is 6.63. The van der Waals surface area contributed by atoms with Gasteiger partial charge in [-0.1, -0.05) is 12.1 Å². The fraction of sp³-hybridized carbons (Fsp3) is 0.526. The second kappa shape index (κ2) is 9.14. The van der Waals surface area contributed by atoms with Gasteiger partial charge in [0.2, 0.25) is 5.89 Å². The van der Waals surface area contributed by atoms with Crippen molar-refractivity contribution in [3.8, 4) is 5.75 Å². The number of rotatable bonds is 7. The summed E-state index contributed by atoms with van der Waals surface area (Å²) in [5.74, 6) is 1.18. The summed E-state index contributed by atoms with van der Waals surface area (Å²) in [5, 5.41) is 4.50. The van der Waals surface area contributed by atoms with E-state index in [0.717, 1.165) is 30.7 Å². The first-order valence-corrected chi connectivity index (χ1v) is 9.58. The molecule has 1 aromatic carbocycles. The number of esters is 1. The van der Waals surface area contributed by atoms with Gasteiger partial charge in [0.1, 0.15) is 5.75 Å². The van der Waals surface area contributed by atoms with E-state index in [1.165, 1.54) is 0 Å². The molecule has 1 fully saturated rings. The SMILES string of the molecule is CCOC(=O)[C@@H]1CCCN(Cn2nc(Cc3ccc(OC)cc3)oc2=S)C1. The Morgan fingerprint density at radius 1 is 1.37 bits per heavy atom. The zero-order valence-electron chi connectivity index (χ0n) is 15.7. The van der Waals surface area contributed by atoms with Gasteiger partial charge in [0.05, 0.1) is 32.7 Å². The van der Waals surface area contributed by atoms with Gasteiger partial charge < -0.3 is 13.9 Å². The number of benzene rings is 1. The van der Waals surface area contributed by atoms with Gasteiger partial charge in [0.25, 0.3) is 4.84 Å². The van der Waals surface area contributed by atoms with Crippen molar-refractivity contribution in [3.05, 3.63) is 40.6 Å². The molecule has 27 heavy (non-hydrogen) atoms. The van der Waals surface area contributed by atoms with Crippen LogP contribution < -0.4 is 4.74 Å². The number of hydrogen-bond acceptors (Lipinski definition) is 7. The monoisotopic (exact) mass is 391 g/mol. The molecular formula is C19H25N3O4S. The highest BCUT2D eigenvalue weighted by atomic mass is 32.1. The van der Waals surface area contributed by atoms with Gasteiger partial charge in [-0.25, -0.2) is 4.68 Å². The second-order valence-electron chi connectivity index (χ2n) is 6.60. The van der Waals surface area contributed by atoms with E-state index < -0.39 is 0 Å². The fourth-order valence-corrected chi connectivity index (χ4v) is 3.45. The molecule has 1 atom stereocenters. The van der Waals surface area contributed by atoms with E-state index in [1.807, 2.05) is 31.2 Å². The van der Waals surface area contributed by atoms with Crippen LogP contribution in [0.25, 0.3) is 0 Å². The van der Waals surface area contributed by atoms with Crippen molar-refractivity contribution >= 4 is 18.2 Å². The fourth-order valence-electron chi connectivity index (χ4n) is 3.25. The predicted octanol–water partition coefficient (Wildman–Crippen LogP) is 3.04. The third-order valence-electron chi connectivity index (χ3n) is 4.62. The molecule has 146 valence electrons. The number of carbonyl (C=O) groups excluding carboxylic acids is 1. The third-order valence-corrected chi connectivity index (χ3v) is 4.92. The first-order chi connectivity index (χ1) is 13.1. The highest BCUT2D eigenvalue weighted by Crippen LogP contribution is 2.19. The first-order valence-electron chi connectivity index (χ1n) is 9.17. The summed E-state index contributed by atoms with van der Waals surface area (Å²) in [5.41, 5.74) is 1.07. The summed E-state index contributed by atoms with van der Waals surface area (Å²) in [6, 6.07) is 7.77. The molecule has 7 nitrogen and oxygen atoms in total. The third kappa shape index (κ3) is 5.17. The molecule has 0 amide bonds. The van der Waals surface area contributed by atoms with Gasteiger partial charge in [0.15, 0.2) is 0 Å². The van der Waals surface area contributed by atoms with Crippen LogP contribution >= 0.6 is 12.2 Å². The molecule has 0 unspecified atom stereocenters. The van der Waals surface area contributed by atoms with Crippen LogP contribution in [-0.2, 0) is 22.6 Å². The minimum Gasteiger partial charge on any atom is -0.497 e. The van der Waals surface area contributed by atoms with Crippen molar-refractivity contribution in [1.29, 1.82) is 0 Å². The Hall–Kier alpha value is -2.19. The lowest BCUT2D eigenvalue weighted by molar-refractivity contribution is -0.150. The highest BCUT2D eigenvalue weighted by Gasteiger charge is 2.27. The topological polar surface area (TPSA) is 69.7 Å². The van der Waals surface area contributed by atoms with Crippen molar-refractivity contribution in [2.24, 2.45) is 5.92 Å². The number of methoxy groups -OCH3 is 1. The Labute approximate surface area is 163 Å². The van der Waals surface area contributed by atoms with Crippen LogP contribution in [0.5, 0.6) is 5.75 Å². The lowest BCUT2D eigenvalue weighted by Gasteiger charge is -2.30. The van der Waals surface area contributed by atoms with Gasteiger partial charge in [0, 0.05) is 6.54 Å². The zero-order chi connectivity index (χ0) is 19.2. The van der Waals surface area contributed by atoms with Crippen LogP contribution in [0.1, 0.15) is 31.2 Å². The number of nitrogens with zero attached hydrogens (tertiary/aromatic N) is 3. The number of likely N-dealkylation sites (tertiary alicyclic amines) is 1. The smallest absolute Gasteiger partial charge is 0.310 e. The Bertz CT molecular complexity index is 815. The molecule has 1 saturated heterocycles. The van der Waals surface area contributed by atoms with E-state index in [9.17, 15) is 4.79 Å². The zero-order valence-corrected chi connectivity index (χ0v) is 16.5. The summed E-state index contributed by atoms with van der Waals surface area (Å²) in [7, 11) is 1.64. The number of hydrogen-bond donors (Lipinski definition) is 0. The quantitative estimate of drug-likeness (QED) is 0.531. The summed E-state index contributed by atoms with van der Waals surface area (Å²) in [6.07, 6.45) is 2.38. The number of ether oxygens (including phenoxy) is 2. The molecule has 0 spiro atoms. The molecule has 3 rings (SSSR count). The van der Waals surface area contributed by atoms with Crippen molar-refractivity contribution in [2.45, 2.75) is 32.9 Å². The molecule has 1 aliphatic rings. The van der Waals surface area contributed by atoms with Gasteiger partial charge in [-0.05, 0) is 56.2 Å². The summed E-state index contributed by atoms with van der Waals surface area (Å²) in [4.78, 5) is 14.5. The van der Waals surface area contributed by atoms with Crippen LogP contribution in [0.15, 0.2) is 28.7 Å². The van der Waals surface area contributed by atoms with E-state index in [1.54, 1.807) is 11.8 Å². The molecule has 8 heteroatoms. The minimum absolute atomic E-state index is 0.0847. The Balaban J connectivity index is 1.62. The summed E-state index contributed by atoms with van der Waals surface area (Å²) < 4.78 is 17.7. The highest BCUT2D eigenvalue weighted by molar-refractivity contribution is 7.71. The predicted molar refractivity (Wildman–Crippen MR) is 102 cm³/mol. The number of aromatic nitrogens is 2. The Morgan fingerprint density at radius 2 is 2.15 bits per heavy atom. The van der Waals surface area contributed by atoms with Crippen molar-refractivity contribution in [1.82, 2.24) is 14.7 Å². The van der Waals surface area contributed by atoms with E-state index in [2.05, 4.69) is 10.00 Å². The lowest BCUT2D eigenvalue weighted by Crippen LogP contribution is -2.40. The van der Waals surface area contributed by atoms with Crippen molar-refractivity contribution in [2.75, 3.05) is 26.8 Å². The van der Waals surface area contributed by atoms with E-state index in [4.69, 9.17) is 26.1 Å².